The van der Waals surface area contributed by atoms with Gasteiger partial charge in [0.25, 0.3) is 0 Å². The molecule has 3 aromatic carbocycles. The molecule has 7 nitrogen and oxygen atoms in total. The molecule has 1 unspecified atom stereocenters. The van der Waals surface area contributed by atoms with Gasteiger partial charge in [0, 0.05) is 5.38 Å². The molecule has 1 heterocycles. The molecule has 202 valence electrons. The summed E-state index contributed by atoms with van der Waals surface area (Å²) in [6.45, 7) is 5.41. The third kappa shape index (κ3) is 6.71. The van der Waals surface area contributed by atoms with Crippen LogP contribution < -0.4 is 5.32 Å². The van der Waals surface area contributed by atoms with E-state index in [2.05, 4.69) is 10.3 Å². The normalized spacial score (nSPS) is 12.4. The van der Waals surface area contributed by atoms with E-state index in [4.69, 9.17) is 14.2 Å². The van der Waals surface area contributed by atoms with Crippen molar-refractivity contribution in [1.82, 2.24) is 10.3 Å². The molecule has 0 spiro atoms. The number of esters is 1. The molecule has 4 rings (SSSR count). The standard InChI is InChI=1S/C31H32N2O5S/c1-30(2,3)38-29(35)33-25(27-32-26(21-39-27)28(34)36-4)20-37-31(22-14-8-5-9-15-22,23-16-10-6-11-17-23)24-18-12-7-13-19-24/h5-19,21,25H,20H2,1-4H3,(H,33,35). The van der Waals surface area contributed by atoms with Gasteiger partial charge in [-0.25, -0.2) is 14.6 Å². The zero-order valence-corrected chi connectivity index (χ0v) is 23.2. The van der Waals surface area contributed by atoms with Crippen molar-refractivity contribution in [2.24, 2.45) is 0 Å². The van der Waals surface area contributed by atoms with Crippen LogP contribution in [-0.2, 0) is 19.8 Å². The van der Waals surface area contributed by atoms with E-state index in [9.17, 15) is 9.59 Å². The van der Waals surface area contributed by atoms with Gasteiger partial charge in [-0.1, -0.05) is 91.0 Å². The largest absolute Gasteiger partial charge is 0.464 e. The van der Waals surface area contributed by atoms with Crippen LogP contribution in [0.15, 0.2) is 96.4 Å². The van der Waals surface area contributed by atoms with Gasteiger partial charge in [0.1, 0.15) is 22.3 Å². The molecule has 0 saturated carbocycles. The van der Waals surface area contributed by atoms with Crippen LogP contribution in [0.4, 0.5) is 4.79 Å². The van der Waals surface area contributed by atoms with Crippen LogP contribution in [0.25, 0.3) is 0 Å². The summed E-state index contributed by atoms with van der Waals surface area (Å²) in [7, 11) is 1.30. The Morgan fingerprint density at radius 3 is 1.77 bits per heavy atom. The van der Waals surface area contributed by atoms with Gasteiger partial charge >= 0.3 is 12.1 Å². The third-order valence-electron chi connectivity index (χ3n) is 5.91. The van der Waals surface area contributed by atoms with E-state index in [0.717, 1.165) is 16.7 Å². The minimum atomic E-state index is -1.000. The van der Waals surface area contributed by atoms with E-state index >= 15 is 0 Å². The Hall–Kier alpha value is -4.01. The van der Waals surface area contributed by atoms with E-state index in [1.807, 2.05) is 91.0 Å². The highest BCUT2D eigenvalue weighted by molar-refractivity contribution is 7.09. The summed E-state index contributed by atoms with van der Waals surface area (Å²) >= 11 is 1.24. The number of ether oxygens (including phenoxy) is 3. The molecule has 4 aromatic rings. The number of alkyl carbamates (subject to hydrolysis) is 1. The van der Waals surface area contributed by atoms with Gasteiger partial charge in [-0.2, -0.15) is 0 Å². The number of nitrogens with one attached hydrogen (secondary N) is 1. The zero-order valence-electron chi connectivity index (χ0n) is 22.4. The average Bonchev–Trinajstić information content (AvgIpc) is 3.43. The molecular formula is C31H32N2O5S. The summed E-state index contributed by atoms with van der Waals surface area (Å²) in [5.74, 6) is -0.554. The second-order valence-electron chi connectivity index (χ2n) is 9.85. The number of methoxy groups -OCH3 is 1. The summed E-state index contributed by atoms with van der Waals surface area (Å²) in [5, 5.41) is 4.99. The summed E-state index contributed by atoms with van der Waals surface area (Å²) in [6, 6.07) is 29.1. The molecule has 8 heteroatoms. The van der Waals surface area contributed by atoms with Crippen molar-refractivity contribution in [3.05, 3.63) is 124 Å². The highest BCUT2D eigenvalue weighted by Crippen LogP contribution is 2.41. The second-order valence-corrected chi connectivity index (χ2v) is 10.7. The maximum Gasteiger partial charge on any atom is 0.408 e. The lowest BCUT2D eigenvalue weighted by atomic mass is 9.80. The van der Waals surface area contributed by atoms with Gasteiger partial charge < -0.3 is 19.5 Å². The van der Waals surface area contributed by atoms with Crippen LogP contribution >= 0.6 is 11.3 Å². The number of rotatable bonds is 9. The second kappa shape index (κ2) is 12.2. The number of thiazole rings is 1. The van der Waals surface area contributed by atoms with Gasteiger partial charge in [-0.05, 0) is 37.5 Å². The molecule has 1 amide bonds. The molecule has 0 aliphatic carbocycles. The van der Waals surface area contributed by atoms with Crippen molar-refractivity contribution in [2.75, 3.05) is 13.7 Å². The van der Waals surface area contributed by atoms with E-state index in [1.165, 1.54) is 18.4 Å². The Bertz CT molecular complexity index is 1270. The third-order valence-corrected chi connectivity index (χ3v) is 6.87. The predicted molar refractivity (Wildman–Crippen MR) is 151 cm³/mol. The molecule has 39 heavy (non-hydrogen) atoms. The van der Waals surface area contributed by atoms with Gasteiger partial charge in [0.05, 0.1) is 13.7 Å². The highest BCUT2D eigenvalue weighted by atomic mass is 32.1. The minimum absolute atomic E-state index is 0.0338. The van der Waals surface area contributed by atoms with E-state index in [0.29, 0.717) is 5.01 Å². The number of hydrogen-bond acceptors (Lipinski definition) is 7. The molecule has 0 aliphatic rings. The number of nitrogens with zero attached hydrogens (tertiary/aromatic N) is 1. The number of hydrogen-bond donors (Lipinski definition) is 1. The van der Waals surface area contributed by atoms with Crippen molar-refractivity contribution in [3.8, 4) is 0 Å². The molecule has 1 atom stereocenters. The summed E-state index contributed by atoms with van der Waals surface area (Å²) in [5.41, 5.74) is 1.24. The topological polar surface area (TPSA) is 86.8 Å². The van der Waals surface area contributed by atoms with E-state index < -0.39 is 29.3 Å². The number of carbonyl (C=O) groups is 2. The van der Waals surface area contributed by atoms with Gasteiger partial charge in [-0.3, -0.25) is 0 Å². The molecule has 0 bridgehead atoms. The van der Waals surface area contributed by atoms with Gasteiger partial charge in [-0.15, -0.1) is 11.3 Å². The number of aromatic nitrogens is 1. The van der Waals surface area contributed by atoms with Gasteiger partial charge in [0.15, 0.2) is 5.69 Å². The SMILES string of the molecule is COC(=O)c1csc(C(COC(c2ccccc2)(c2ccccc2)c2ccccc2)NC(=O)OC(C)(C)C)n1. The maximum atomic E-state index is 12.9. The van der Waals surface area contributed by atoms with Crippen molar-refractivity contribution in [3.63, 3.8) is 0 Å². The molecule has 1 aromatic heterocycles. The van der Waals surface area contributed by atoms with Crippen LogP contribution in [0.2, 0.25) is 0 Å². The first kappa shape index (κ1) is 28.0. The summed E-state index contributed by atoms with van der Waals surface area (Å²) < 4.78 is 17.3. The average molecular weight is 545 g/mol. The number of carbonyl (C=O) groups excluding carboxylic acids is 2. The summed E-state index contributed by atoms with van der Waals surface area (Å²) in [6.07, 6.45) is -0.615. The Morgan fingerprint density at radius 1 is 0.846 bits per heavy atom. The molecule has 1 N–H and O–H groups in total. The quantitative estimate of drug-likeness (QED) is 0.191. The Balaban J connectivity index is 1.78. The van der Waals surface area contributed by atoms with Crippen LogP contribution in [0.5, 0.6) is 0 Å². The molecular weight excluding hydrogens is 512 g/mol. The first-order valence-corrected chi connectivity index (χ1v) is 13.4. The van der Waals surface area contributed by atoms with Crippen molar-refractivity contribution >= 4 is 23.4 Å². The van der Waals surface area contributed by atoms with Crippen molar-refractivity contribution in [1.29, 1.82) is 0 Å². The molecule has 0 aliphatic heterocycles. The van der Waals surface area contributed by atoms with Crippen LogP contribution in [0.1, 0.15) is 59.0 Å². The number of benzene rings is 3. The van der Waals surface area contributed by atoms with Crippen LogP contribution in [0, 0.1) is 0 Å². The van der Waals surface area contributed by atoms with Crippen LogP contribution in [0.3, 0.4) is 0 Å². The molecule has 0 fully saturated rings. The van der Waals surface area contributed by atoms with Crippen molar-refractivity contribution in [2.45, 2.75) is 38.0 Å². The lowest BCUT2D eigenvalue weighted by Gasteiger charge is -2.37. The highest BCUT2D eigenvalue weighted by Gasteiger charge is 2.39. The molecule has 0 radical (unpaired) electrons. The Kier molecular flexibility index (Phi) is 8.79. The monoisotopic (exact) mass is 544 g/mol. The maximum absolute atomic E-state index is 12.9. The fraction of sp³-hybridized carbons (Fsp3) is 0.258. The van der Waals surface area contributed by atoms with Gasteiger partial charge in [0.2, 0.25) is 0 Å². The first-order chi connectivity index (χ1) is 18.7. The lowest BCUT2D eigenvalue weighted by Crippen LogP contribution is -2.40. The Labute approximate surface area is 232 Å². The van der Waals surface area contributed by atoms with Crippen LogP contribution in [-0.4, -0.2) is 36.4 Å². The minimum Gasteiger partial charge on any atom is -0.464 e. The lowest BCUT2D eigenvalue weighted by molar-refractivity contribution is -0.00440. The summed E-state index contributed by atoms with van der Waals surface area (Å²) in [4.78, 5) is 29.4. The Morgan fingerprint density at radius 2 is 1.33 bits per heavy atom. The fourth-order valence-electron chi connectivity index (χ4n) is 4.25. The van der Waals surface area contributed by atoms with E-state index in [1.54, 1.807) is 26.2 Å². The predicted octanol–water partition coefficient (Wildman–Crippen LogP) is 6.50. The molecule has 0 saturated heterocycles. The smallest absolute Gasteiger partial charge is 0.408 e. The first-order valence-electron chi connectivity index (χ1n) is 12.6. The van der Waals surface area contributed by atoms with Crippen molar-refractivity contribution < 1.29 is 23.8 Å². The van der Waals surface area contributed by atoms with E-state index in [-0.39, 0.29) is 12.3 Å². The number of amides is 1. The fourth-order valence-corrected chi connectivity index (χ4v) is 5.07. The zero-order chi connectivity index (χ0) is 27.9.